The summed E-state index contributed by atoms with van der Waals surface area (Å²) in [5.41, 5.74) is 0. The van der Waals surface area contributed by atoms with Crippen LogP contribution in [0.1, 0.15) is 19.8 Å². The molecule has 2 rings (SSSR count). The van der Waals surface area contributed by atoms with Gasteiger partial charge in [-0.2, -0.15) is 0 Å². The van der Waals surface area contributed by atoms with Crippen molar-refractivity contribution in [1.82, 2.24) is 10.2 Å². The molecule has 0 bridgehead atoms. The van der Waals surface area contributed by atoms with E-state index in [9.17, 15) is 17.6 Å². The largest absolute Gasteiger partial charge is 0.342 e. The van der Waals surface area contributed by atoms with Crippen molar-refractivity contribution in [3.63, 3.8) is 0 Å². The van der Waals surface area contributed by atoms with E-state index in [1.807, 2.05) is 0 Å². The quantitative estimate of drug-likeness (QED) is 0.794. The second kappa shape index (κ2) is 8.78. The number of hydrogen-bond acceptors (Lipinski definition) is 4. The van der Waals surface area contributed by atoms with Crippen molar-refractivity contribution in [3.8, 4) is 0 Å². The van der Waals surface area contributed by atoms with E-state index in [0.29, 0.717) is 0 Å². The van der Waals surface area contributed by atoms with E-state index < -0.39 is 21.6 Å². The Kier molecular flexibility index (Phi) is 7.63. The van der Waals surface area contributed by atoms with Crippen LogP contribution >= 0.6 is 12.4 Å². The molecule has 5 nitrogen and oxygen atoms in total. The number of sulfone groups is 1. The second-order valence-electron chi connectivity index (χ2n) is 6.07. The minimum Gasteiger partial charge on any atom is -0.342 e. The van der Waals surface area contributed by atoms with Crippen molar-refractivity contribution >= 4 is 28.2 Å². The van der Waals surface area contributed by atoms with Gasteiger partial charge in [-0.3, -0.25) is 4.79 Å². The first-order valence-electron chi connectivity index (χ1n) is 7.77. The number of benzene rings is 1. The predicted molar refractivity (Wildman–Crippen MR) is 93.5 cm³/mol. The van der Waals surface area contributed by atoms with Gasteiger partial charge in [0.15, 0.2) is 9.84 Å². The van der Waals surface area contributed by atoms with E-state index in [1.165, 1.54) is 12.1 Å². The number of nitrogens with zero attached hydrogens (tertiary/aromatic N) is 1. The molecule has 1 aromatic rings. The molecule has 0 aromatic heterocycles. The zero-order valence-corrected chi connectivity index (χ0v) is 15.5. The molecule has 1 atom stereocenters. The maximum Gasteiger partial charge on any atom is 0.226 e. The molecule has 8 heteroatoms. The molecule has 1 saturated heterocycles. The van der Waals surface area contributed by atoms with E-state index in [2.05, 4.69) is 5.32 Å². The molecular weight excluding hydrogens is 355 g/mol. The monoisotopic (exact) mass is 378 g/mol. The Hall–Kier alpha value is -1.18. The number of amides is 1. The topological polar surface area (TPSA) is 66.5 Å². The Labute approximate surface area is 148 Å². The fraction of sp³-hybridized carbons (Fsp3) is 0.562. The summed E-state index contributed by atoms with van der Waals surface area (Å²) in [7, 11) is -1.88. The smallest absolute Gasteiger partial charge is 0.226 e. The highest BCUT2D eigenvalue weighted by Crippen LogP contribution is 2.18. The molecule has 0 saturated carbocycles. The van der Waals surface area contributed by atoms with Crippen LogP contribution in [0.5, 0.6) is 0 Å². The fourth-order valence-corrected chi connectivity index (χ4v) is 4.40. The normalized spacial score (nSPS) is 17.0. The van der Waals surface area contributed by atoms with Crippen molar-refractivity contribution in [3.05, 3.63) is 30.1 Å². The van der Waals surface area contributed by atoms with Crippen LogP contribution in [-0.4, -0.2) is 51.2 Å². The minimum atomic E-state index is -3.61. The summed E-state index contributed by atoms with van der Waals surface area (Å²) in [5.74, 6) is -1.56. The van der Waals surface area contributed by atoms with Crippen molar-refractivity contribution in [2.45, 2.75) is 30.7 Å². The number of rotatable bonds is 5. The average molecular weight is 379 g/mol. The Morgan fingerprint density at radius 2 is 1.83 bits per heavy atom. The molecule has 1 heterocycles. The first kappa shape index (κ1) is 20.9. The van der Waals surface area contributed by atoms with Crippen molar-refractivity contribution in [2.75, 3.05) is 25.9 Å². The molecule has 136 valence electrons. The molecule has 24 heavy (non-hydrogen) atoms. The van der Waals surface area contributed by atoms with Crippen molar-refractivity contribution in [1.29, 1.82) is 0 Å². The molecule has 1 unspecified atom stereocenters. The van der Waals surface area contributed by atoms with Gasteiger partial charge in [-0.05, 0) is 50.2 Å². The van der Waals surface area contributed by atoms with Gasteiger partial charge in [0.25, 0.3) is 0 Å². The molecule has 1 amide bonds. The predicted octanol–water partition coefficient (Wildman–Crippen LogP) is 1.87. The van der Waals surface area contributed by atoms with Gasteiger partial charge in [-0.15, -0.1) is 12.4 Å². The van der Waals surface area contributed by atoms with Crippen LogP contribution in [0.2, 0.25) is 0 Å². The lowest BCUT2D eigenvalue weighted by Gasteiger charge is -2.33. The van der Waals surface area contributed by atoms with Crippen LogP contribution in [0.3, 0.4) is 0 Å². The Bertz CT molecular complexity index is 646. The SMILES string of the molecule is CC(CS(=O)(=O)c1ccc(F)cc1)C(=O)N(C)C1CCNCC1.Cl. The lowest BCUT2D eigenvalue weighted by atomic mass is 10.0. The molecule has 0 aliphatic carbocycles. The summed E-state index contributed by atoms with van der Waals surface area (Å²) < 4.78 is 37.6. The van der Waals surface area contributed by atoms with Gasteiger partial charge in [0, 0.05) is 19.0 Å². The number of halogens is 2. The van der Waals surface area contributed by atoms with Gasteiger partial charge in [0.1, 0.15) is 5.82 Å². The molecule has 1 aliphatic rings. The lowest BCUT2D eigenvalue weighted by Crippen LogP contribution is -2.46. The van der Waals surface area contributed by atoms with Crippen LogP contribution in [0.25, 0.3) is 0 Å². The summed E-state index contributed by atoms with van der Waals surface area (Å²) in [6, 6.07) is 4.84. The Morgan fingerprint density at radius 1 is 1.29 bits per heavy atom. The maximum atomic E-state index is 12.9. The van der Waals surface area contributed by atoms with E-state index in [1.54, 1.807) is 18.9 Å². The van der Waals surface area contributed by atoms with Gasteiger partial charge < -0.3 is 10.2 Å². The number of nitrogens with one attached hydrogen (secondary N) is 1. The molecule has 1 aromatic carbocycles. The molecule has 0 radical (unpaired) electrons. The van der Waals surface area contributed by atoms with Crippen LogP contribution in [0.15, 0.2) is 29.2 Å². The van der Waals surface area contributed by atoms with Crippen LogP contribution in [-0.2, 0) is 14.6 Å². The summed E-state index contributed by atoms with van der Waals surface area (Å²) in [6.07, 6.45) is 1.75. The van der Waals surface area contributed by atoms with Gasteiger partial charge in [0.2, 0.25) is 5.91 Å². The average Bonchev–Trinajstić information content (AvgIpc) is 2.54. The highest BCUT2D eigenvalue weighted by Gasteiger charge is 2.29. The molecular formula is C16H24ClFN2O3S. The number of hydrogen-bond donors (Lipinski definition) is 1. The third-order valence-corrected chi connectivity index (χ3v) is 6.20. The lowest BCUT2D eigenvalue weighted by molar-refractivity contribution is -0.135. The number of carbonyl (C=O) groups is 1. The van der Waals surface area contributed by atoms with Crippen LogP contribution in [0.4, 0.5) is 4.39 Å². The Morgan fingerprint density at radius 3 is 2.38 bits per heavy atom. The third-order valence-electron chi connectivity index (χ3n) is 4.27. The summed E-state index contributed by atoms with van der Waals surface area (Å²) in [4.78, 5) is 14.2. The van der Waals surface area contributed by atoms with Crippen LogP contribution in [0, 0.1) is 11.7 Å². The van der Waals surface area contributed by atoms with E-state index >= 15 is 0 Å². The fourth-order valence-electron chi connectivity index (χ4n) is 2.86. The molecule has 0 spiro atoms. The maximum absolute atomic E-state index is 12.9. The van der Waals surface area contributed by atoms with Gasteiger partial charge in [-0.1, -0.05) is 6.92 Å². The molecule has 1 fully saturated rings. The molecule has 1 aliphatic heterocycles. The van der Waals surface area contributed by atoms with Crippen LogP contribution < -0.4 is 5.32 Å². The Balaban J connectivity index is 0.00000288. The van der Waals surface area contributed by atoms with E-state index in [-0.39, 0.29) is 35.0 Å². The zero-order valence-electron chi connectivity index (χ0n) is 13.9. The van der Waals surface area contributed by atoms with E-state index in [4.69, 9.17) is 0 Å². The van der Waals surface area contributed by atoms with Gasteiger partial charge in [0.05, 0.1) is 10.6 Å². The first-order valence-corrected chi connectivity index (χ1v) is 9.42. The summed E-state index contributed by atoms with van der Waals surface area (Å²) in [6.45, 7) is 3.36. The number of carbonyl (C=O) groups excluding carboxylic acids is 1. The summed E-state index contributed by atoms with van der Waals surface area (Å²) in [5, 5.41) is 3.24. The van der Waals surface area contributed by atoms with Gasteiger partial charge >= 0.3 is 0 Å². The van der Waals surface area contributed by atoms with Crippen molar-refractivity contribution in [2.24, 2.45) is 5.92 Å². The minimum absolute atomic E-state index is 0. The second-order valence-corrected chi connectivity index (χ2v) is 8.10. The summed E-state index contributed by atoms with van der Waals surface area (Å²) >= 11 is 0. The van der Waals surface area contributed by atoms with Crippen molar-refractivity contribution < 1.29 is 17.6 Å². The highest BCUT2D eigenvalue weighted by atomic mass is 35.5. The molecule has 1 N–H and O–H groups in total. The number of piperidine rings is 1. The third kappa shape index (κ3) is 5.16. The first-order chi connectivity index (χ1) is 10.8. The van der Waals surface area contributed by atoms with Gasteiger partial charge in [-0.25, -0.2) is 12.8 Å². The standard InChI is InChI=1S/C16H23FN2O3S.ClH/c1-12(16(20)19(2)14-7-9-18-10-8-14)11-23(21,22)15-5-3-13(17)4-6-15;/h3-6,12,14,18H,7-11H2,1-2H3;1H. The highest BCUT2D eigenvalue weighted by molar-refractivity contribution is 7.91. The van der Waals surface area contributed by atoms with E-state index in [0.717, 1.165) is 38.1 Å². The zero-order chi connectivity index (χ0) is 17.0.